The van der Waals surface area contributed by atoms with E-state index in [0.29, 0.717) is 18.9 Å². The fraction of sp³-hybridized carbons (Fsp3) is 0.375. The molecule has 1 atom stereocenters. The minimum Gasteiger partial charge on any atom is -0.350 e. The van der Waals surface area contributed by atoms with Gasteiger partial charge in [-0.2, -0.15) is 0 Å². The van der Waals surface area contributed by atoms with Crippen LogP contribution in [0.5, 0.6) is 0 Å². The van der Waals surface area contributed by atoms with E-state index in [1.54, 1.807) is 11.3 Å². The van der Waals surface area contributed by atoms with E-state index in [0.717, 1.165) is 10.6 Å². The third-order valence-electron chi connectivity index (χ3n) is 3.63. The Morgan fingerprint density at radius 1 is 1.38 bits per heavy atom. The molecule has 1 aliphatic rings. The molecule has 1 unspecified atom stereocenters. The molecule has 110 valence electrons. The van der Waals surface area contributed by atoms with Crippen molar-refractivity contribution in [1.29, 1.82) is 0 Å². The topological polar surface area (TPSA) is 68.0 Å². The monoisotopic (exact) mass is 301 g/mol. The van der Waals surface area contributed by atoms with Gasteiger partial charge in [-0.1, -0.05) is 30.3 Å². The summed E-state index contributed by atoms with van der Waals surface area (Å²) < 4.78 is 0. The largest absolute Gasteiger partial charge is 0.350 e. The summed E-state index contributed by atoms with van der Waals surface area (Å²) >= 11 is 1.62. The molecular formula is C16H19N3OS. The fourth-order valence-corrected chi connectivity index (χ4v) is 3.05. The first kappa shape index (κ1) is 14.2. The Morgan fingerprint density at radius 2 is 2.14 bits per heavy atom. The fourth-order valence-electron chi connectivity index (χ4n) is 2.24. The van der Waals surface area contributed by atoms with Crippen LogP contribution in [0.25, 0.3) is 0 Å². The molecule has 0 radical (unpaired) electrons. The van der Waals surface area contributed by atoms with Gasteiger partial charge in [0.05, 0.1) is 12.2 Å². The van der Waals surface area contributed by atoms with Crippen LogP contribution in [0.1, 0.15) is 47.5 Å². The molecule has 21 heavy (non-hydrogen) atoms. The summed E-state index contributed by atoms with van der Waals surface area (Å²) in [7, 11) is 0. The summed E-state index contributed by atoms with van der Waals surface area (Å²) in [6.45, 7) is 0.498. The Hall–Kier alpha value is -1.72. The van der Waals surface area contributed by atoms with Crippen LogP contribution in [-0.2, 0) is 11.3 Å². The predicted octanol–water partition coefficient (Wildman–Crippen LogP) is 2.73. The van der Waals surface area contributed by atoms with Gasteiger partial charge in [-0.05, 0) is 18.4 Å². The molecule has 0 spiro atoms. The molecule has 0 bridgehead atoms. The summed E-state index contributed by atoms with van der Waals surface area (Å²) in [6, 6.07) is 9.44. The second-order valence-electron chi connectivity index (χ2n) is 5.44. The molecule has 1 heterocycles. The number of carbonyl (C=O) groups excluding carboxylic acids is 1. The van der Waals surface area contributed by atoms with Crippen molar-refractivity contribution in [3.8, 4) is 0 Å². The molecule has 4 nitrogen and oxygen atoms in total. The maximum atomic E-state index is 11.9. The number of thiazole rings is 1. The normalized spacial score (nSPS) is 15.7. The summed E-state index contributed by atoms with van der Waals surface area (Å²) in [5.74, 6) is 0.631. The number of hydrogen-bond donors (Lipinski definition) is 2. The van der Waals surface area contributed by atoms with Crippen LogP contribution < -0.4 is 11.1 Å². The molecule has 0 saturated heterocycles. The zero-order valence-electron chi connectivity index (χ0n) is 11.8. The predicted molar refractivity (Wildman–Crippen MR) is 83.9 cm³/mol. The minimum atomic E-state index is -0.260. The number of aromatic nitrogens is 1. The summed E-state index contributed by atoms with van der Waals surface area (Å²) in [5.41, 5.74) is 8.21. The lowest BCUT2D eigenvalue weighted by molar-refractivity contribution is -0.121. The van der Waals surface area contributed by atoms with Gasteiger partial charge in [0.25, 0.3) is 0 Å². The van der Waals surface area contributed by atoms with Crippen LogP contribution in [0.2, 0.25) is 0 Å². The third kappa shape index (κ3) is 3.89. The van der Waals surface area contributed by atoms with Crippen molar-refractivity contribution in [3.63, 3.8) is 0 Å². The average molecular weight is 301 g/mol. The highest BCUT2D eigenvalue weighted by Gasteiger charge is 2.26. The molecular weight excluding hydrogens is 282 g/mol. The molecule has 1 aromatic heterocycles. The molecule has 0 aliphatic heterocycles. The Balaban J connectivity index is 1.47. The quantitative estimate of drug-likeness (QED) is 0.862. The number of amides is 1. The molecule has 3 rings (SSSR count). The number of hydrogen-bond acceptors (Lipinski definition) is 4. The SMILES string of the molecule is NC(CC(=O)NCc1nc(C2CC2)cs1)c1ccccc1. The van der Waals surface area contributed by atoms with Gasteiger partial charge in [0.15, 0.2) is 0 Å². The first-order valence-corrected chi connectivity index (χ1v) is 8.12. The van der Waals surface area contributed by atoms with Gasteiger partial charge in [-0.25, -0.2) is 4.98 Å². The molecule has 3 N–H and O–H groups in total. The third-order valence-corrected chi connectivity index (χ3v) is 4.50. The number of carbonyl (C=O) groups is 1. The Morgan fingerprint density at radius 3 is 2.86 bits per heavy atom. The van der Waals surface area contributed by atoms with Crippen molar-refractivity contribution in [3.05, 3.63) is 52.0 Å². The molecule has 5 heteroatoms. The van der Waals surface area contributed by atoms with E-state index in [1.165, 1.54) is 18.5 Å². The van der Waals surface area contributed by atoms with Crippen LogP contribution in [0.3, 0.4) is 0 Å². The van der Waals surface area contributed by atoms with Crippen LogP contribution >= 0.6 is 11.3 Å². The van der Waals surface area contributed by atoms with E-state index < -0.39 is 0 Å². The highest BCUT2D eigenvalue weighted by molar-refractivity contribution is 7.09. The van der Waals surface area contributed by atoms with E-state index in [2.05, 4.69) is 15.7 Å². The second kappa shape index (κ2) is 6.37. The van der Waals surface area contributed by atoms with Gasteiger partial charge in [-0.3, -0.25) is 4.79 Å². The molecule has 1 fully saturated rings. The van der Waals surface area contributed by atoms with E-state index in [9.17, 15) is 4.79 Å². The van der Waals surface area contributed by atoms with Crippen LogP contribution in [-0.4, -0.2) is 10.9 Å². The summed E-state index contributed by atoms with van der Waals surface area (Å²) in [5, 5.41) is 5.98. The molecule has 1 amide bonds. The lowest BCUT2D eigenvalue weighted by atomic mass is 10.0. The van der Waals surface area contributed by atoms with Crippen molar-refractivity contribution in [2.24, 2.45) is 5.73 Å². The van der Waals surface area contributed by atoms with E-state index >= 15 is 0 Å². The lowest BCUT2D eigenvalue weighted by Gasteiger charge is -2.11. The Kier molecular flexibility index (Phi) is 4.31. The smallest absolute Gasteiger partial charge is 0.222 e. The first-order chi connectivity index (χ1) is 10.2. The highest BCUT2D eigenvalue weighted by atomic mass is 32.1. The van der Waals surface area contributed by atoms with Crippen molar-refractivity contribution >= 4 is 17.2 Å². The Bertz CT molecular complexity index is 607. The summed E-state index contributed by atoms with van der Waals surface area (Å²) in [6.07, 6.45) is 2.80. The second-order valence-corrected chi connectivity index (χ2v) is 6.38. The Labute approximate surface area is 128 Å². The average Bonchev–Trinajstić information content (AvgIpc) is 3.25. The molecule has 1 aliphatic carbocycles. The number of rotatable bonds is 6. The first-order valence-electron chi connectivity index (χ1n) is 7.24. The van der Waals surface area contributed by atoms with Crippen LogP contribution in [0.4, 0.5) is 0 Å². The van der Waals surface area contributed by atoms with Crippen LogP contribution in [0, 0.1) is 0 Å². The maximum absolute atomic E-state index is 11.9. The highest BCUT2D eigenvalue weighted by Crippen LogP contribution is 2.40. The maximum Gasteiger partial charge on any atom is 0.222 e. The summed E-state index contributed by atoms with van der Waals surface area (Å²) in [4.78, 5) is 16.5. The van der Waals surface area contributed by atoms with Crippen molar-refractivity contribution < 1.29 is 4.79 Å². The molecule has 1 aromatic carbocycles. The van der Waals surface area contributed by atoms with Crippen molar-refractivity contribution in [2.75, 3.05) is 0 Å². The number of nitrogens with zero attached hydrogens (tertiary/aromatic N) is 1. The minimum absolute atomic E-state index is 0.0328. The van der Waals surface area contributed by atoms with Crippen LogP contribution in [0.15, 0.2) is 35.7 Å². The zero-order valence-corrected chi connectivity index (χ0v) is 12.6. The van der Waals surface area contributed by atoms with Gasteiger partial charge in [-0.15, -0.1) is 11.3 Å². The van der Waals surface area contributed by atoms with Gasteiger partial charge < -0.3 is 11.1 Å². The zero-order chi connectivity index (χ0) is 14.7. The standard InChI is InChI=1S/C16H19N3OS/c17-13(11-4-2-1-3-5-11)8-15(20)18-9-16-19-14(10-21-16)12-6-7-12/h1-5,10,12-13H,6-9,17H2,(H,18,20). The number of nitrogens with two attached hydrogens (primary N) is 1. The van der Waals surface area contributed by atoms with Gasteiger partial charge >= 0.3 is 0 Å². The van der Waals surface area contributed by atoms with Gasteiger partial charge in [0.1, 0.15) is 5.01 Å². The van der Waals surface area contributed by atoms with Crippen molar-refractivity contribution in [1.82, 2.24) is 10.3 Å². The van der Waals surface area contributed by atoms with Gasteiger partial charge in [0.2, 0.25) is 5.91 Å². The van der Waals surface area contributed by atoms with E-state index in [-0.39, 0.29) is 11.9 Å². The van der Waals surface area contributed by atoms with E-state index in [1.807, 2.05) is 30.3 Å². The van der Waals surface area contributed by atoms with Gasteiger partial charge in [0, 0.05) is 23.8 Å². The lowest BCUT2D eigenvalue weighted by Crippen LogP contribution is -2.27. The number of benzene rings is 1. The van der Waals surface area contributed by atoms with Crippen molar-refractivity contribution in [2.45, 2.75) is 37.8 Å². The molecule has 1 saturated carbocycles. The molecule has 2 aromatic rings. The van der Waals surface area contributed by atoms with E-state index in [4.69, 9.17) is 5.73 Å². The number of nitrogens with one attached hydrogen (secondary N) is 1.